The minimum atomic E-state index is -4.40. The SMILES string of the molecule is CC(O)(c1cccc(F)c1)C(F)(F)C(=O)O. The van der Waals surface area contributed by atoms with Crippen LogP contribution in [0.25, 0.3) is 0 Å². The van der Waals surface area contributed by atoms with Gasteiger partial charge in [-0.15, -0.1) is 0 Å². The summed E-state index contributed by atoms with van der Waals surface area (Å²) in [7, 11) is 0. The van der Waals surface area contributed by atoms with Crippen molar-refractivity contribution >= 4 is 5.97 Å². The smallest absolute Gasteiger partial charge is 0.378 e. The Balaban J connectivity index is 3.26. The van der Waals surface area contributed by atoms with Crippen LogP contribution in [0.15, 0.2) is 24.3 Å². The van der Waals surface area contributed by atoms with Crippen molar-refractivity contribution in [3.8, 4) is 0 Å². The van der Waals surface area contributed by atoms with Gasteiger partial charge in [0.25, 0.3) is 0 Å². The van der Waals surface area contributed by atoms with Gasteiger partial charge in [0, 0.05) is 0 Å². The van der Waals surface area contributed by atoms with Crippen LogP contribution in [-0.2, 0) is 10.4 Å². The molecule has 0 amide bonds. The Labute approximate surface area is 89.1 Å². The Bertz CT molecular complexity index is 416. The van der Waals surface area contributed by atoms with E-state index in [2.05, 4.69) is 0 Å². The molecule has 1 unspecified atom stereocenters. The van der Waals surface area contributed by atoms with Crippen molar-refractivity contribution < 1.29 is 28.2 Å². The van der Waals surface area contributed by atoms with Gasteiger partial charge in [-0.2, -0.15) is 8.78 Å². The quantitative estimate of drug-likeness (QED) is 0.837. The van der Waals surface area contributed by atoms with Gasteiger partial charge in [-0.25, -0.2) is 9.18 Å². The lowest BCUT2D eigenvalue weighted by atomic mass is 9.89. The number of carbonyl (C=O) groups is 1. The van der Waals surface area contributed by atoms with Crippen LogP contribution < -0.4 is 0 Å². The molecule has 0 heterocycles. The Hall–Kier alpha value is -1.56. The average molecular weight is 234 g/mol. The number of carboxylic acids is 1. The van der Waals surface area contributed by atoms with E-state index in [1.54, 1.807) is 0 Å². The molecule has 1 aromatic rings. The second-order valence-electron chi connectivity index (χ2n) is 3.46. The van der Waals surface area contributed by atoms with Crippen molar-refractivity contribution in [2.45, 2.75) is 18.4 Å². The van der Waals surface area contributed by atoms with Crippen LogP contribution in [0.3, 0.4) is 0 Å². The summed E-state index contributed by atoms with van der Waals surface area (Å²) >= 11 is 0. The van der Waals surface area contributed by atoms with Crippen molar-refractivity contribution in [2.75, 3.05) is 0 Å². The number of aliphatic carboxylic acids is 1. The minimum absolute atomic E-state index is 0.500. The van der Waals surface area contributed by atoms with Gasteiger partial charge in [0.1, 0.15) is 5.82 Å². The molecule has 0 saturated heterocycles. The molecule has 0 aliphatic carbocycles. The standard InChI is InChI=1S/C10H9F3O3/c1-9(16,10(12,13)8(14)15)6-3-2-4-7(11)5-6/h2-5,16H,1H3,(H,14,15). The molecular formula is C10H9F3O3. The fraction of sp³-hybridized carbons (Fsp3) is 0.300. The third kappa shape index (κ3) is 1.88. The summed E-state index contributed by atoms with van der Waals surface area (Å²) in [5.74, 6) is -7.71. The van der Waals surface area contributed by atoms with Crippen LogP contribution in [-0.4, -0.2) is 22.1 Å². The predicted octanol–water partition coefficient (Wildman–Crippen LogP) is 1.75. The molecule has 1 rings (SSSR count). The number of aliphatic hydroxyl groups is 1. The summed E-state index contributed by atoms with van der Waals surface area (Å²) in [5.41, 5.74) is -3.47. The molecule has 0 aromatic heterocycles. The van der Waals surface area contributed by atoms with E-state index in [0.29, 0.717) is 13.0 Å². The highest BCUT2D eigenvalue weighted by Crippen LogP contribution is 2.37. The van der Waals surface area contributed by atoms with Gasteiger partial charge in [0.2, 0.25) is 0 Å². The molecule has 3 nitrogen and oxygen atoms in total. The molecule has 1 atom stereocenters. The topological polar surface area (TPSA) is 57.5 Å². The number of alkyl halides is 2. The Morgan fingerprint density at radius 3 is 2.38 bits per heavy atom. The van der Waals surface area contributed by atoms with Crippen molar-refractivity contribution in [1.29, 1.82) is 0 Å². The molecular weight excluding hydrogens is 225 g/mol. The third-order valence-electron chi connectivity index (χ3n) is 2.27. The van der Waals surface area contributed by atoms with Crippen molar-refractivity contribution in [1.82, 2.24) is 0 Å². The molecule has 0 radical (unpaired) electrons. The van der Waals surface area contributed by atoms with Gasteiger partial charge in [-0.1, -0.05) is 12.1 Å². The Morgan fingerprint density at radius 1 is 1.38 bits per heavy atom. The maximum absolute atomic E-state index is 13.2. The first-order chi connectivity index (χ1) is 7.19. The minimum Gasteiger partial charge on any atom is -0.477 e. The summed E-state index contributed by atoms with van der Waals surface area (Å²) in [4.78, 5) is 10.3. The van der Waals surface area contributed by atoms with E-state index in [-0.39, 0.29) is 0 Å². The van der Waals surface area contributed by atoms with Crippen molar-refractivity contribution in [3.05, 3.63) is 35.6 Å². The molecule has 0 spiro atoms. The van der Waals surface area contributed by atoms with E-state index in [9.17, 15) is 23.1 Å². The van der Waals surface area contributed by atoms with E-state index in [1.807, 2.05) is 0 Å². The molecule has 0 bridgehead atoms. The fourth-order valence-corrected chi connectivity index (χ4v) is 1.18. The summed E-state index contributed by atoms with van der Waals surface area (Å²) < 4.78 is 39.1. The van der Waals surface area contributed by atoms with Gasteiger partial charge in [0.15, 0.2) is 5.60 Å². The average Bonchev–Trinajstić information content (AvgIpc) is 2.17. The largest absolute Gasteiger partial charge is 0.477 e. The molecule has 0 aliphatic heterocycles. The molecule has 6 heteroatoms. The summed E-state index contributed by atoms with van der Waals surface area (Å²) in [6.07, 6.45) is 0. The molecule has 1 aromatic carbocycles. The van der Waals surface area contributed by atoms with Gasteiger partial charge in [0.05, 0.1) is 0 Å². The van der Waals surface area contributed by atoms with Crippen LogP contribution in [0.4, 0.5) is 13.2 Å². The van der Waals surface area contributed by atoms with E-state index >= 15 is 0 Å². The number of hydrogen-bond acceptors (Lipinski definition) is 2. The number of carboxylic acid groups (broad SMARTS) is 1. The summed E-state index contributed by atoms with van der Waals surface area (Å²) in [6.45, 7) is 0.621. The lowest BCUT2D eigenvalue weighted by Gasteiger charge is -2.29. The van der Waals surface area contributed by atoms with E-state index in [1.165, 1.54) is 0 Å². The van der Waals surface area contributed by atoms with Gasteiger partial charge >= 0.3 is 11.9 Å². The van der Waals surface area contributed by atoms with Crippen molar-refractivity contribution in [3.63, 3.8) is 0 Å². The molecule has 2 N–H and O–H groups in total. The Morgan fingerprint density at radius 2 is 1.94 bits per heavy atom. The molecule has 0 aliphatic rings. The monoisotopic (exact) mass is 234 g/mol. The molecule has 0 fully saturated rings. The summed E-state index contributed by atoms with van der Waals surface area (Å²) in [5, 5.41) is 17.8. The fourth-order valence-electron chi connectivity index (χ4n) is 1.18. The normalized spacial score (nSPS) is 15.6. The third-order valence-corrected chi connectivity index (χ3v) is 2.27. The number of rotatable bonds is 3. The second kappa shape index (κ2) is 3.79. The van der Waals surface area contributed by atoms with Gasteiger partial charge in [-0.05, 0) is 24.6 Å². The molecule has 0 saturated carbocycles. The Kier molecular flexibility index (Phi) is 2.96. The van der Waals surface area contributed by atoms with Gasteiger partial charge < -0.3 is 10.2 Å². The first-order valence-corrected chi connectivity index (χ1v) is 4.29. The highest BCUT2D eigenvalue weighted by atomic mass is 19.3. The first kappa shape index (κ1) is 12.5. The van der Waals surface area contributed by atoms with Gasteiger partial charge in [-0.3, -0.25) is 0 Å². The zero-order chi connectivity index (χ0) is 12.6. The highest BCUT2D eigenvalue weighted by Gasteiger charge is 2.57. The first-order valence-electron chi connectivity index (χ1n) is 4.29. The second-order valence-corrected chi connectivity index (χ2v) is 3.46. The lowest BCUT2D eigenvalue weighted by Crippen LogP contribution is -2.48. The lowest BCUT2D eigenvalue weighted by molar-refractivity contribution is -0.207. The zero-order valence-electron chi connectivity index (χ0n) is 8.25. The van der Waals surface area contributed by atoms with E-state index in [0.717, 1.165) is 18.2 Å². The van der Waals surface area contributed by atoms with Crippen molar-refractivity contribution in [2.24, 2.45) is 0 Å². The van der Waals surface area contributed by atoms with Crippen LogP contribution in [0.1, 0.15) is 12.5 Å². The maximum Gasteiger partial charge on any atom is 0.378 e. The van der Waals surface area contributed by atoms with Crippen LogP contribution in [0.5, 0.6) is 0 Å². The molecule has 16 heavy (non-hydrogen) atoms. The molecule has 88 valence electrons. The van der Waals surface area contributed by atoms with Crippen LogP contribution in [0.2, 0.25) is 0 Å². The summed E-state index contributed by atoms with van der Waals surface area (Å²) in [6, 6.07) is 3.80. The van der Waals surface area contributed by atoms with Crippen LogP contribution >= 0.6 is 0 Å². The number of halogens is 3. The predicted molar refractivity (Wildman–Crippen MR) is 48.6 cm³/mol. The zero-order valence-corrected chi connectivity index (χ0v) is 8.25. The number of hydrogen-bond donors (Lipinski definition) is 2. The van der Waals surface area contributed by atoms with Crippen LogP contribution in [0, 0.1) is 5.82 Å². The maximum atomic E-state index is 13.2. The highest BCUT2D eigenvalue weighted by molar-refractivity contribution is 5.77. The van der Waals surface area contributed by atoms with E-state index in [4.69, 9.17) is 5.11 Å². The van der Waals surface area contributed by atoms with E-state index < -0.39 is 28.9 Å². The number of benzene rings is 1.